The lowest BCUT2D eigenvalue weighted by atomic mass is 10.1. The van der Waals surface area contributed by atoms with Gasteiger partial charge in [0.05, 0.1) is 35.9 Å². The first-order chi connectivity index (χ1) is 9.25. The van der Waals surface area contributed by atoms with E-state index in [1.165, 1.54) is 6.33 Å². The summed E-state index contributed by atoms with van der Waals surface area (Å²) in [7, 11) is 0. The molecule has 1 fully saturated rings. The number of nitrogens with zero attached hydrogens (tertiary/aromatic N) is 3. The van der Waals surface area contributed by atoms with Crippen molar-refractivity contribution in [3.63, 3.8) is 0 Å². The number of aromatic nitrogens is 2. The van der Waals surface area contributed by atoms with Crippen LogP contribution in [0.15, 0.2) is 17.8 Å². The Morgan fingerprint density at radius 1 is 1.58 bits per heavy atom. The highest BCUT2D eigenvalue weighted by Gasteiger charge is 2.27. The molecule has 1 aliphatic rings. The highest BCUT2D eigenvalue weighted by molar-refractivity contribution is 7.17. The number of morpholine rings is 1. The molecule has 7 heteroatoms. The van der Waals surface area contributed by atoms with Gasteiger partial charge in [-0.1, -0.05) is 0 Å². The molecule has 2 aromatic heterocycles. The third-order valence-corrected chi connectivity index (χ3v) is 4.03. The van der Waals surface area contributed by atoms with E-state index >= 15 is 0 Å². The molecule has 0 amide bonds. The molecule has 0 saturated carbocycles. The Hall–Kier alpha value is -1.73. The predicted octanol–water partition coefficient (Wildman–Crippen LogP) is 1.37. The monoisotopic (exact) mass is 279 g/mol. The molecule has 100 valence electrons. The summed E-state index contributed by atoms with van der Waals surface area (Å²) in [6.07, 6.45) is 1.58. The number of ether oxygens (including phenoxy) is 1. The minimum atomic E-state index is -0.822. The molecule has 2 aromatic rings. The molecule has 1 atom stereocenters. The van der Waals surface area contributed by atoms with Crippen LogP contribution in [0.2, 0.25) is 0 Å². The fourth-order valence-corrected chi connectivity index (χ4v) is 3.13. The molecule has 3 heterocycles. The highest BCUT2D eigenvalue weighted by atomic mass is 32.1. The van der Waals surface area contributed by atoms with Crippen molar-refractivity contribution in [1.29, 1.82) is 0 Å². The first-order valence-electron chi connectivity index (χ1n) is 6.00. The van der Waals surface area contributed by atoms with Crippen LogP contribution in [0, 0.1) is 0 Å². The van der Waals surface area contributed by atoms with Crippen LogP contribution in [0.25, 0.3) is 10.2 Å². The number of anilines is 1. The number of rotatable bonds is 3. The van der Waals surface area contributed by atoms with Gasteiger partial charge in [0.2, 0.25) is 0 Å². The van der Waals surface area contributed by atoms with Gasteiger partial charge in [0.15, 0.2) is 0 Å². The lowest BCUT2D eigenvalue weighted by Crippen LogP contribution is -2.47. The molecule has 1 unspecified atom stereocenters. The molecule has 0 aromatic carbocycles. The molecular formula is C12H13N3O3S. The zero-order chi connectivity index (χ0) is 13.2. The Balaban J connectivity index is 1.97. The Morgan fingerprint density at radius 3 is 3.32 bits per heavy atom. The zero-order valence-corrected chi connectivity index (χ0v) is 11.0. The molecular weight excluding hydrogens is 266 g/mol. The Labute approximate surface area is 113 Å². The van der Waals surface area contributed by atoms with E-state index < -0.39 is 5.97 Å². The van der Waals surface area contributed by atoms with Crippen molar-refractivity contribution in [2.24, 2.45) is 0 Å². The summed E-state index contributed by atoms with van der Waals surface area (Å²) in [6, 6.07) is 1.77. The number of thiophene rings is 1. The number of hydrogen-bond acceptors (Lipinski definition) is 6. The van der Waals surface area contributed by atoms with Gasteiger partial charge in [-0.3, -0.25) is 4.79 Å². The number of fused-ring (bicyclic) bond motifs is 1. The molecule has 6 nitrogen and oxygen atoms in total. The maximum Gasteiger partial charge on any atom is 0.305 e. The van der Waals surface area contributed by atoms with E-state index in [9.17, 15) is 4.79 Å². The van der Waals surface area contributed by atoms with Crippen molar-refractivity contribution >= 4 is 33.3 Å². The second-order valence-electron chi connectivity index (χ2n) is 4.35. The number of carboxylic acid groups (broad SMARTS) is 1. The molecule has 1 aliphatic heterocycles. The van der Waals surface area contributed by atoms with Crippen LogP contribution in [0.5, 0.6) is 0 Å². The van der Waals surface area contributed by atoms with E-state index in [-0.39, 0.29) is 12.5 Å². The van der Waals surface area contributed by atoms with Gasteiger partial charge in [-0.2, -0.15) is 0 Å². The maximum absolute atomic E-state index is 10.9. The van der Waals surface area contributed by atoms with Crippen molar-refractivity contribution < 1.29 is 14.6 Å². The van der Waals surface area contributed by atoms with Crippen molar-refractivity contribution in [1.82, 2.24) is 9.97 Å². The summed E-state index contributed by atoms with van der Waals surface area (Å²) in [5.41, 5.74) is 0.899. The number of carboxylic acids is 1. The van der Waals surface area contributed by atoms with E-state index in [0.717, 1.165) is 16.0 Å². The summed E-state index contributed by atoms with van der Waals surface area (Å²) in [5.74, 6) is -0.00784. The van der Waals surface area contributed by atoms with Crippen LogP contribution in [0.4, 0.5) is 5.82 Å². The molecule has 0 aliphatic carbocycles. The zero-order valence-electron chi connectivity index (χ0n) is 10.2. The van der Waals surface area contributed by atoms with E-state index in [2.05, 4.69) is 9.97 Å². The number of aliphatic carboxylic acids is 1. The van der Waals surface area contributed by atoms with E-state index in [0.29, 0.717) is 19.8 Å². The number of hydrogen-bond donors (Lipinski definition) is 1. The average Bonchev–Trinajstić information content (AvgIpc) is 2.87. The van der Waals surface area contributed by atoms with E-state index in [1.807, 2.05) is 16.3 Å². The summed E-state index contributed by atoms with van der Waals surface area (Å²) in [6.45, 7) is 1.66. The molecule has 1 saturated heterocycles. The Bertz CT molecular complexity index is 601. The third-order valence-electron chi connectivity index (χ3n) is 3.13. The van der Waals surface area contributed by atoms with Crippen LogP contribution in [0.1, 0.15) is 6.42 Å². The van der Waals surface area contributed by atoms with E-state index in [4.69, 9.17) is 9.84 Å². The number of carbonyl (C=O) groups is 1. The van der Waals surface area contributed by atoms with Crippen molar-refractivity contribution in [2.45, 2.75) is 12.5 Å². The molecule has 0 bridgehead atoms. The fraction of sp³-hybridized carbons (Fsp3) is 0.417. The predicted molar refractivity (Wildman–Crippen MR) is 71.6 cm³/mol. The van der Waals surface area contributed by atoms with Crippen molar-refractivity contribution in [3.05, 3.63) is 17.8 Å². The van der Waals surface area contributed by atoms with Crippen LogP contribution in [-0.2, 0) is 9.53 Å². The minimum absolute atomic E-state index is 0.0525. The van der Waals surface area contributed by atoms with Crippen LogP contribution < -0.4 is 4.90 Å². The lowest BCUT2D eigenvalue weighted by molar-refractivity contribution is -0.138. The lowest BCUT2D eigenvalue weighted by Gasteiger charge is -2.35. The fourth-order valence-electron chi connectivity index (χ4n) is 2.28. The van der Waals surface area contributed by atoms with Gasteiger partial charge in [0.25, 0.3) is 0 Å². The second-order valence-corrected chi connectivity index (χ2v) is 5.27. The Morgan fingerprint density at radius 2 is 2.47 bits per heavy atom. The average molecular weight is 279 g/mol. The molecule has 3 rings (SSSR count). The van der Waals surface area contributed by atoms with Gasteiger partial charge < -0.3 is 14.7 Å². The third kappa shape index (κ3) is 2.39. The van der Waals surface area contributed by atoms with Gasteiger partial charge in [0, 0.05) is 6.54 Å². The smallest absolute Gasteiger partial charge is 0.305 e. The normalized spacial score (nSPS) is 19.8. The highest BCUT2D eigenvalue weighted by Crippen LogP contribution is 2.30. The molecule has 19 heavy (non-hydrogen) atoms. The minimum Gasteiger partial charge on any atom is -0.481 e. The van der Waals surface area contributed by atoms with Gasteiger partial charge in [-0.15, -0.1) is 11.3 Å². The first kappa shape index (κ1) is 12.3. The molecule has 1 N–H and O–H groups in total. The van der Waals surface area contributed by atoms with E-state index in [1.54, 1.807) is 11.3 Å². The van der Waals surface area contributed by atoms with Crippen LogP contribution in [0.3, 0.4) is 0 Å². The van der Waals surface area contributed by atoms with Crippen molar-refractivity contribution in [2.75, 3.05) is 24.7 Å². The molecule has 0 spiro atoms. The second kappa shape index (κ2) is 5.10. The molecule has 0 radical (unpaired) electrons. The van der Waals surface area contributed by atoms with Gasteiger partial charge >= 0.3 is 5.97 Å². The van der Waals surface area contributed by atoms with Gasteiger partial charge in [-0.05, 0) is 11.4 Å². The first-order valence-corrected chi connectivity index (χ1v) is 6.88. The quantitative estimate of drug-likeness (QED) is 0.914. The van der Waals surface area contributed by atoms with Gasteiger partial charge in [0.1, 0.15) is 12.1 Å². The SMILES string of the molecule is O=C(O)CC1COCCN1c1ncnc2ccsc12. The van der Waals surface area contributed by atoms with Crippen LogP contribution >= 0.6 is 11.3 Å². The standard InChI is InChI=1S/C12H13N3O3S/c16-10(17)5-8-6-18-3-2-15(8)12-11-9(1-4-19-11)13-7-14-12/h1,4,7-8H,2-3,5-6H2,(H,16,17). The summed E-state index contributed by atoms with van der Waals surface area (Å²) >= 11 is 1.57. The summed E-state index contributed by atoms with van der Waals surface area (Å²) in [4.78, 5) is 21.5. The maximum atomic E-state index is 10.9. The Kier molecular flexibility index (Phi) is 3.31. The van der Waals surface area contributed by atoms with Crippen molar-refractivity contribution in [3.8, 4) is 0 Å². The summed E-state index contributed by atoms with van der Waals surface area (Å²) < 4.78 is 6.38. The van der Waals surface area contributed by atoms with Gasteiger partial charge in [-0.25, -0.2) is 9.97 Å². The summed E-state index contributed by atoms with van der Waals surface area (Å²) in [5, 5.41) is 11.0. The largest absolute Gasteiger partial charge is 0.481 e. The topological polar surface area (TPSA) is 75.6 Å². The van der Waals surface area contributed by atoms with Crippen LogP contribution in [-0.4, -0.2) is 46.8 Å².